The zero-order valence-corrected chi connectivity index (χ0v) is 12.8. The van der Waals surface area contributed by atoms with Crippen molar-refractivity contribution in [2.24, 2.45) is 0 Å². The summed E-state index contributed by atoms with van der Waals surface area (Å²) in [6.07, 6.45) is 1.40. The maximum absolute atomic E-state index is 13.2. The van der Waals surface area contributed by atoms with Gasteiger partial charge in [-0.25, -0.2) is 21.2 Å². The van der Waals surface area contributed by atoms with E-state index in [4.69, 9.17) is 0 Å². The van der Waals surface area contributed by atoms with Gasteiger partial charge in [0.15, 0.2) is 9.84 Å². The molecule has 1 saturated heterocycles. The molecule has 0 aromatic heterocycles. The van der Waals surface area contributed by atoms with Crippen molar-refractivity contribution in [3.05, 3.63) is 29.6 Å². The number of halogens is 1. The Morgan fingerprint density at radius 3 is 2.40 bits per heavy atom. The Hall–Kier alpha value is -0.990. The first-order chi connectivity index (χ1) is 9.12. The SMILES string of the molecule is Cc1cc(S(=O)(=O)N2CC[C@@H](S(C)(=O)=O)C2)ccc1F. The standard InChI is InChI=1S/C12H16FNO4S2/c1-9-7-10(3-4-12(9)13)20(17,18)14-6-5-11(8-14)19(2,15)16/h3-4,7,11H,5-6,8H2,1-2H3/t11-/m1/s1. The molecule has 0 aliphatic carbocycles. The molecule has 1 heterocycles. The molecule has 0 N–H and O–H groups in total. The molecule has 5 nitrogen and oxygen atoms in total. The molecule has 0 saturated carbocycles. The van der Waals surface area contributed by atoms with E-state index >= 15 is 0 Å². The Labute approximate surface area is 118 Å². The number of sulfonamides is 1. The van der Waals surface area contributed by atoms with Crippen LogP contribution in [0.25, 0.3) is 0 Å². The van der Waals surface area contributed by atoms with Crippen molar-refractivity contribution in [2.75, 3.05) is 19.3 Å². The second kappa shape index (κ2) is 5.09. The lowest BCUT2D eigenvalue weighted by molar-refractivity contribution is 0.476. The third-order valence-electron chi connectivity index (χ3n) is 3.48. The molecule has 20 heavy (non-hydrogen) atoms. The predicted molar refractivity (Wildman–Crippen MR) is 73.1 cm³/mol. The number of sulfone groups is 1. The smallest absolute Gasteiger partial charge is 0.229 e. The van der Waals surface area contributed by atoms with Crippen molar-refractivity contribution in [2.45, 2.75) is 23.5 Å². The molecule has 1 aromatic rings. The van der Waals surface area contributed by atoms with E-state index in [1.54, 1.807) is 0 Å². The van der Waals surface area contributed by atoms with Crippen LogP contribution in [-0.2, 0) is 19.9 Å². The fourth-order valence-electron chi connectivity index (χ4n) is 2.19. The largest absolute Gasteiger partial charge is 0.243 e. The highest BCUT2D eigenvalue weighted by molar-refractivity contribution is 7.91. The summed E-state index contributed by atoms with van der Waals surface area (Å²) in [4.78, 5) is -0.00875. The zero-order chi connectivity index (χ0) is 15.1. The monoisotopic (exact) mass is 321 g/mol. The fraction of sp³-hybridized carbons (Fsp3) is 0.500. The average Bonchev–Trinajstić information content (AvgIpc) is 2.82. The second-order valence-electron chi connectivity index (χ2n) is 5.01. The van der Waals surface area contributed by atoms with Crippen LogP contribution in [0.15, 0.2) is 23.1 Å². The lowest BCUT2D eigenvalue weighted by Gasteiger charge is -2.16. The molecule has 0 bridgehead atoms. The number of hydrogen-bond acceptors (Lipinski definition) is 4. The summed E-state index contributed by atoms with van der Waals surface area (Å²) in [7, 11) is -7.03. The van der Waals surface area contributed by atoms with Crippen molar-refractivity contribution in [1.82, 2.24) is 4.31 Å². The Kier molecular flexibility index (Phi) is 3.92. The van der Waals surface area contributed by atoms with Crippen LogP contribution >= 0.6 is 0 Å². The van der Waals surface area contributed by atoms with Crippen molar-refractivity contribution in [3.8, 4) is 0 Å². The Bertz CT molecular complexity index is 728. The fourth-order valence-corrected chi connectivity index (χ4v) is 4.86. The van der Waals surface area contributed by atoms with Crippen LogP contribution in [0.5, 0.6) is 0 Å². The van der Waals surface area contributed by atoms with E-state index in [1.807, 2.05) is 0 Å². The summed E-state index contributed by atoms with van der Waals surface area (Å²) in [5.74, 6) is -0.473. The molecular formula is C12H16FNO4S2. The molecular weight excluding hydrogens is 305 g/mol. The molecule has 0 radical (unpaired) electrons. The predicted octanol–water partition coefficient (Wildman–Crippen LogP) is 0.942. The van der Waals surface area contributed by atoms with Gasteiger partial charge in [0.2, 0.25) is 10.0 Å². The average molecular weight is 321 g/mol. The summed E-state index contributed by atoms with van der Waals surface area (Å²) < 4.78 is 62.0. The highest BCUT2D eigenvalue weighted by Gasteiger charge is 2.37. The highest BCUT2D eigenvalue weighted by atomic mass is 32.2. The molecule has 1 atom stereocenters. The van der Waals surface area contributed by atoms with Gasteiger partial charge in [0.25, 0.3) is 0 Å². The first kappa shape index (κ1) is 15.4. The molecule has 0 amide bonds. The Morgan fingerprint density at radius 2 is 1.90 bits per heavy atom. The van der Waals surface area contributed by atoms with Crippen LogP contribution in [0.4, 0.5) is 4.39 Å². The van der Waals surface area contributed by atoms with E-state index in [-0.39, 0.29) is 30.0 Å². The molecule has 0 spiro atoms. The van der Waals surface area contributed by atoms with Gasteiger partial charge >= 0.3 is 0 Å². The third kappa shape index (κ3) is 2.87. The van der Waals surface area contributed by atoms with Crippen molar-refractivity contribution >= 4 is 19.9 Å². The lowest BCUT2D eigenvalue weighted by Crippen LogP contribution is -2.31. The van der Waals surface area contributed by atoms with E-state index in [1.165, 1.54) is 19.1 Å². The van der Waals surface area contributed by atoms with Gasteiger partial charge in [-0.3, -0.25) is 0 Å². The molecule has 112 valence electrons. The lowest BCUT2D eigenvalue weighted by atomic mass is 10.2. The quantitative estimate of drug-likeness (QED) is 0.831. The van der Waals surface area contributed by atoms with E-state index in [9.17, 15) is 21.2 Å². The summed E-state index contributed by atoms with van der Waals surface area (Å²) in [6.45, 7) is 1.60. The number of hydrogen-bond donors (Lipinski definition) is 0. The van der Waals surface area contributed by atoms with Crippen LogP contribution < -0.4 is 0 Å². The molecule has 1 aliphatic rings. The number of nitrogens with zero attached hydrogens (tertiary/aromatic N) is 1. The maximum atomic E-state index is 13.2. The normalized spacial score (nSPS) is 21.2. The van der Waals surface area contributed by atoms with Gasteiger partial charge in [-0.15, -0.1) is 0 Å². The molecule has 1 aliphatic heterocycles. The minimum atomic E-state index is -3.77. The van der Waals surface area contributed by atoms with Crippen molar-refractivity contribution in [1.29, 1.82) is 0 Å². The van der Waals surface area contributed by atoms with Crippen molar-refractivity contribution in [3.63, 3.8) is 0 Å². The van der Waals surface area contributed by atoms with E-state index in [0.29, 0.717) is 0 Å². The molecule has 2 rings (SSSR count). The first-order valence-electron chi connectivity index (χ1n) is 6.07. The zero-order valence-electron chi connectivity index (χ0n) is 11.2. The van der Waals surface area contributed by atoms with Gasteiger partial charge in [-0.2, -0.15) is 4.31 Å². The number of aryl methyl sites for hydroxylation is 1. The van der Waals surface area contributed by atoms with Gasteiger partial charge in [0.1, 0.15) is 5.82 Å². The van der Waals surface area contributed by atoms with Gasteiger partial charge < -0.3 is 0 Å². The summed E-state index contributed by atoms with van der Waals surface area (Å²) >= 11 is 0. The third-order valence-corrected chi connectivity index (χ3v) is 6.94. The van der Waals surface area contributed by atoms with Crippen molar-refractivity contribution < 1.29 is 21.2 Å². The van der Waals surface area contributed by atoms with Crippen LogP contribution in [0.1, 0.15) is 12.0 Å². The van der Waals surface area contributed by atoms with Gasteiger partial charge in [0.05, 0.1) is 10.1 Å². The number of rotatable bonds is 3. The summed E-state index contributed by atoms with van der Waals surface area (Å²) in [5, 5.41) is -0.668. The Morgan fingerprint density at radius 1 is 1.25 bits per heavy atom. The van der Waals surface area contributed by atoms with Crippen LogP contribution in [0, 0.1) is 12.7 Å². The van der Waals surface area contributed by atoms with Gasteiger partial charge in [-0.05, 0) is 37.1 Å². The van der Waals surface area contributed by atoms with E-state index in [0.717, 1.165) is 16.6 Å². The summed E-state index contributed by atoms with van der Waals surface area (Å²) in [5.41, 5.74) is 0.241. The first-order valence-corrected chi connectivity index (χ1v) is 9.47. The van der Waals surface area contributed by atoms with Crippen LogP contribution in [-0.4, -0.2) is 45.7 Å². The highest BCUT2D eigenvalue weighted by Crippen LogP contribution is 2.25. The topological polar surface area (TPSA) is 71.5 Å². The molecule has 0 unspecified atom stereocenters. The van der Waals surface area contributed by atoms with E-state index in [2.05, 4.69) is 0 Å². The van der Waals surface area contributed by atoms with E-state index < -0.39 is 30.9 Å². The van der Waals surface area contributed by atoms with Gasteiger partial charge in [0, 0.05) is 19.3 Å². The van der Waals surface area contributed by atoms with Crippen LogP contribution in [0.3, 0.4) is 0 Å². The molecule has 8 heteroatoms. The minimum Gasteiger partial charge on any atom is -0.229 e. The van der Waals surface area contributed by atoms with Gasteiger partial charge in [-0.1, -0.05) is 0 Å². The minimum absolute atomic E-state index is 0.00875. The Balaban J connectivity index is 2.30. The molecule has 1 aromatic carbocycles. The molecule has 1 fully saturated rings. The summed E-state index contributed by atoms with van der Waals surface area (Å²) in [6, 6.07) is 3.57. The maximum Gasteiger partial charge on any atom is 0.243 e. The number of benzene rings is 1. The van der Waals surface area contributed by atoms with Crippen LogP contribution in [0.2, 0.25) is 0 Å². The second-order valence-corrected chi connectivity index (χ2v) is 9.28.